The number of carbonyl (C=O) groups is 1. The zero-order valence-corrected chi connectivity index (χ0v) is 12.1. The molecule has 0 radical (unpaired) electrons. The predicted octanol–water partition coefficient (Wildman–Crippen LogP) is 2.36. The second-order valence-electron chi connectivity index (χ2n) is 4.41. The molecule has 1 unspecified atom stereocenters. The molecule has 102 valence electrons. The number of nitrogens with two attached hydrogens (primary N) is 1. The molecule has 0 saturated carbocycles. The predicted molar refractivity (Wildman–Crippen MR) is 73.9 cm³/mol. The maximum atomic E-state index is 12.0. The molecule has 0 saturated heterocycles. The summed E-state index contributed by atoms with van der Waals surface area (Å²) in [7, 11) is 0. The molecule has 18 heavy (non-hydrogen) atoms. The first-order valence-corrected chi connectivity index (χ1v) is 6.95. The summed E-state index contributed by atoms with van der Waals surface area (Å²) in [5, 5.41) is 5.02. The molecule has 0 fully saturated rings. The van der Waals surface area contributed by atoms with Gasteiger partial charge in [0.25, 0.3) is 0 Å². The summed E-state index contributed by atoms with van der Waals surface area (Å²) in [6.45, 7) is 6.72. The topological polar surface area (TPSA) is 60.9 Å². The summed E-state index contributed by atoms with van der Waals surface area (Å²) >= 11 is 6.26. The molecule has 1 rings (SSSR count). The minimum absolute atomic E-state index is 0.0380. The number of rotatable bonds is 7. The third kappa shape index (κ3) is 3.33. The van der Waals surface area contributed by atoms with Gasteiger partial charge in [0.2, 0.25) is 0 Å². The molecular weight excluding hydrogens is 250 g/mol. The van der Waals surface area contributed by atoms with E-state index in [2.05, 4.69) is 5.10 Å². The summed E-state index contributed by atoms with van der Waals surface area (Å²) in [5.41, 5.74) is 7.49. The van der Waals surface area contributed by atoms with Crippen molar-refractivity contribution in [1.29, 1.82) is 0 Å². The van der Waals surface area contributed by atoms with E-state index in [1.54, 1.807) is 4.68 Å². The lowest BCUT2D eigenvalue weighted by Crippen LogP contribution is -2.32. The molecule has 1 heterocycles. The Bertz CT molecular complexity index is 415. The smallest absolute Gasteiger partial charge is 0.155 e. The van der Waals surface area contributed by atoms with Gasteiger partial charge in [0.05, 0.1) is 28.9 Å². The van der Waals surface area contributed by atoms with Crippen molar-refractivity contribution >= 4 is 17.4 Å². The number of hydrogen-bond acceptors (Lipinski definition) is 3. The van der Waals surface area contributed by atoms with Crippen molar-refractivity contribution in [1.82, 2.24) is 9.78 Å². The lowest BCUT2D eigenvalue weighted by Gasteiger charge is -2.10. The highest BCUT2D eigenvalue weighted by atomic mass is 35.5. The van der Waals surface area contributed by atoms with Crippen LogP contribution in [0.25, 0.3) is 0 Å². The fourth-order valence-corrected chi connectivity index (χ4v) is 2.29. The number of nitrogens with zero attached hydrogens (tertiary/aromatic N) is 2. The number of ketones is 1. The number of aryl methyl sites for hydroxylation is 2. The summed E-state index contributed by atoms with van der Waals surface area (Å²) < 4.78 is 1.80. The van der Waals surface area contributed by atoms with E-state index < -0.39 is 6.04 Å². The molecule has 0 aliphatic heterocycles. The number of Topliss-reactive ketones (excluding diaryl/α,β-unsaturated/α-hetero) is 1. The second kappa shape index (κ2) is 6.90. The van der Waals surface area contributed by atoms with Crippen LogP contribution in [-0.2, 0) is 24.2 Å². The van der Waals surface area contributed by atoms with E-state index in [1.807, 2.05) is 20.8 Å². The van der Waals surface area contributed by atoms with E-state index in [1.165, 1.54) is 0 Å². The summed E-state index contributed by atoms with van der Waals surface area (Å²) in [6, 6.07) is -0.392. The van der Waals surface area contributed by atoms with Crippen LogP contribution < -0.4 is 5.73 Å². The van der Waals surface area contributed by atoms with Crippen LogP contribution in [0.15, 0.2) is 0 Å². The largest absolute Gasteiger partial charge is 0.321 e. The van der Waals surface area contributed by atoms with Gasteiger partial charge < -0.3 is 5.73 Å². The highest BCUT2D eigenvalue weighted by Gasteiger charge is 2.20. The van der Waals surface area contributed by atoms with Crippen molar-refractivity contribution in [2.45, 2.75) is 59.0 Å². The van der Waals surface area contributed by atoms with Crippen molar-refractivity contribution in [3.8, 4) is 0 Å². The molecule has 1 aromatic heterocycles. The Kier molecular flexibility index (Phi) is 5.82. The van der Waals surface area contributed by atoms with E-state index in [-0.39, 0.29) is 12.2 Å². The first-order chi connectivity index (χ1) is 8.54. The maximum absolute atomic E-state index is 12.0. The quantitative estimate of drug-likeness (QED) is 0.828. The summed E-state index contributed by atoms with van der Waals surface area (Å²) in [5.74, 6) is 0.0380. The Morgan fingerprint density at radius 2 is 2.11 bits per heavy atom. The molecule has 0 aliphatic carbocycles. The highest BCUT2D eigenvalue weighted by Crippen LogP contribution is 2.22. The van der Waals surface area contributed by atoms with Gasteiger partial charge in [-0.15, -0.1) is 0 Å². The second-order valence-corrected chi connectivity index (χ2v) is 4.79. The van der Waals surface area contributed by atoms with Crippen LogP contribution in [0.4, 0.5) is 0 Å². The van der Waals surface area contributed by atoms with Crippen LogP contribution in [-0.4, -0.2) is 21.6 Å². The molecule has 5 heteroatoms. The fraction of sp³-hybridized carbons (Fsp3) is 0.692. The molecule has 0 spiro atoms. The average Bonchev–Trinajstić information content (AvgIpc) is 2.66. The molecule has 0 amide bonds. The van der Waals surface area contributed by atoms with Gasteiger partial charge in [0.1, 0.15) is 0 Å². The van der Waals surface area contributed by atoms with Crippen molar-refractivity contribution in [2.24, 2.45) is 5.73 Å². The minimum atomic E-state index is -0.392. The Hall–Kier alpha value is -0.870. The van der Waals surface area contributed by atoms with Gasteiger partial charge in [0, 0.05) is 6.54 Å². The number of aromatic nitrogens is 2. The van der Waals surface area contributed by atoms with Gasteiger partial charge in [0.15, 0.2) is 5.78 Å². The SMILES string of the molecule is CCCC(N)C(=O)Cc1c(Cl)c(CC)nn1CC. The molecule has 1 aromatic rings. The van der Waals surface area contributed by atoms with Crippen LogP contribution in [0.1, 0.15) is 45.0 Å². The molecule has 1 atom stereocenters. The normalized spacial score (nSPS) is 12.7. The number of carbonyl (C=O) groups excluding carboxylic acids is 1. The third-order valence-electron chi connectivity index (χ3n) is 3.05. The Morgan fingerprint density at radius 1 is 1.44 bits per heavy atom. The number of halogens is 1. The molecule has 0 bridgehead atoms. The van der Waals surface area contributed by atoms with E-state index in [0.717, 1.165) is 30.7 Å². The highest BCUT2D eigenvalue weighted by molar-refractivity contribution is 6.32. The zero-order valence-electron chi connectivity index (χ0n) is 11.4. The molecule has 0 aliphatic rings. The van der Waals surface area contributed by atoms with Crippen molar-refractivity contribution in [3.63, 3.8) is 0 Å². The molecular formula is C13H22ClN3O. The Morgan fingerprint density at radius 3 is 2.61 bits per heavy atom. The van der Waals surface area contributed by atoms with Crippen molar-refractivity contribution < 1.29 is 4.79 Å². The average molecular weight is 272 g/mol. The maximum Gasteiger partial charge on any atom is 0.155 e. The fourth-order valence-electron chi connectivity index (χ4n) is 1.95. The van der Waals surface area contributed by atoms with Crippen molar-refractivity contribution in [2.75, 3.05) is 0 Å². The van der Waals surface area contributed by atoms with Gasteiger partial charge >= 0.3 is 0 Å². The van der Waals surface area contributed by atoms with Crippen molar-refractivity contribution in [3.05, 3.63) is 16.4 Å². The van der Waals surface area contributed by atoms with Crippen LogP contribution in [0.2, 0.25) is 5.02 Å². The summed E-state index contributed by atoms with van der Waals surface area (Å²) in [6.07, 6.45) is 2.68. The van der Waals surface area contributed by atoms with Crippen LogP contribution in [0.5, 0.6) is 0 Å². The summed E-state index contributed by atoms with van der Waals surface area (Å²) in [4.78, 5) is 12.0. The lowest BCUT2D eigenvalue weighted by molar-refractivity contribution is -0.119. The Balaban J connectivity index is 2.89. The van der Waals surface area contributed by atoms with Crippen LogP contribution in [0, 0.1) is 0 Å². The van der Waals surface area contributed by atoms with Crippen LogP contribution in [0.3, 0.4) is 0 Å². The first-order valence-electron chi connectivity index (χ1n) is 6.57. The monoisotopic (exact) mass is 271 g/mol. The Labute approximate surface area is 113 Å². The third-order valence-corrected chi connectivity index (χ3v) is 3.49. The van der Waals surface area contributed by atoms with Gasteiger partial charge in [-0.05, 0) is 19.8 Å². The zero-order chi connectivity index (χ0) is 13.7. The van der Waals surface area contributed by atoms with Gasteiger partial charge in [-0.1, -0.05) is 31.9 Å². The number of hydrogen-bond donors (Lipinski definition) is 1. The van der Waals surface area contributed by atoms with Gasteiger partial charge in [-0.3, -0.25) is 9.48 Å². The van der Waals surface area contributed by atoms with E-state index in [4.69, 9.17) is 17.3 Å². The lowest BCUT2D eigenvalue weighted by atomic mass is 10.0. The molecule has 4 nitrogen and oxygen atoms in total. The standard InChI is InChI=1S/C13H22ClN3O/c1-4-7-9(15)12(18)8-11-13(14)10(5-2)16-17(11)6-3/h9H,4-8,15H2,1-3H3. The van der Waals surface area contributed by atoms with E-state index in [9.17, 15) is 4.79 Å². The van der Waals surface area contributed by atoms with Gasteiger partial charge in [-0.2, -0.15) is 5.10 Å². The minimum Gasteiger partial charge on any atom is -0.321 e. The van der Waals surface area contributed by atoms with Crippen LogP contribution >= 0.6 is 11.6 Å². The van der Waals surface area contributed by atoms with E-state index >= 15 is 0 Å². The van der Waals surface area contributed by atoms with Gasteiger partial charge in [-0.25, -0.2) is 0 Å². The van der Waals surface area contributed by atoms with E-state index in [0.29, 0.717) is 11.6 Å². The first kappa shape index (κ1) is 15.2. The molecule has 0 aromatic carbocycles. The molecule has 2 N–H and O–H groups in total.